The number of hydrogen-bond acceptors (Lipinski definition) is 7. The Kier molecular flexibility index (Phi) is 7.81. The summed E-state index contributed by atoms with van der Waals surface area (Å²) in [5.74, 6) is 1.13. The van der Waals surface area contributed by atoms with Crippen molar-refractivity contribution in [3.05, 3.63) is 60.4 Å². The van der Waals surface area contributed by atoms with Gasteiger partial charge in [0, 0.05) is 24.8 Å². The molecule has 2 bridgehead atoms. The first-order valence-electron chi connectivity index (χ1n) is 13.4. The van der Waals surface area contributed by atoms with E-state index in [2.05, 4.69) is 27.3 Å². The van der Waals surface area contributed by atoms with Crippen LogP contribution in [0.3, 0.4) is 0 Å². The molecule has 0 radical (unpaired) electrons. The fraction of sp³-hybridized carbons (Fsp3) is 0.345. The third kappa shape index (κ3) is 5.68. The molecule has 0 saturated carbocycles. The van der Waals surface area contributed by atoms with Crippen LogP contribution in [-0.4, -0.2) is 55.4 Å². The van der Waals surface area contributed by atoms with Crippen LogP contribution in [0.2, 0.25) is 0 Å². The van der Waals surface area contributed by atoms with Gasteiger partial charge in [-0.3, -0.25) is 19.9 Å². The summed E-state index contributed by atoms with van der Waals surface area (Å²) in [6, 6.07) is 9.12. The van der Waals surface area contributed by atoms with E-state index in [1.54, 1.807) is 23.0 Å². The average Bonchev–Trinajstić information content (AvgIpc) is 3.48. The Morgan fingerprint density at radius 1 is 1.27 bits per heavy atom. The number of aromatic nitrogens is 5. The number of pyridine rings is 1. The number of fused-ring (bicyclic) bond motifs is 7. The zero-order valence-corrected chi connectivity index (χ0v) is 22.9. The predicted molar refractivity (Wildman–Crippen MR) is 152 cm³/mol. The van der Waals surface area contributed by atoms with Gasteiger partial charge in [-0.25, -0.2) is 9.67 Å². The number of para-hydroxylation sites is 1. The van der Waals surface area contributed by atoms with Crippen LogP contribution in [0.5, 0.6) is 11.6 Å². The van der Waals surface area contributed by atoms with Crippen LogP contribution in [0, 0.1) is 6.92 Å². The van der Waals surface area contributed by atoms with Gasteiger partial charge in [0.15, 0.2) is 0 Å². The number of aryl methyl sites for hydroxylation is 3. The van der Waals surface area contributed by atoms with Crippen molar-refractivity contribution in [2.45, 2.75) is 45.8 Å². The van der Waals surface area contributed by atoms with Crippen LogP contribution < -0.4 is 20.1 Å². The van der Waals surface area contributed by atoms with Crippen molar-refractivity contribution < 1.29 is 19.1 Å². The molecule has 3 aromatic heterocycles. The molecule has 0 aliphatic carbocycles. The Hall–Kier alpha value is -4.67. The molecule has 2 N–H and O–H groups in total. The molecule has 40 heavy (non-hydrogen) atoms. The SMILES string of the molecule is C=CC(=O)NC[C@H](C)Oc1cccc2nc3n(c12)CCCCCOc1c(cnn1C)-c1cc(cc(C)n1)C(=O)N3. The van der Waals surface area contributed by atoms with Crippen molar-refractivity contribution in [3.63, 3.8) is 0 Å². The quantitative estimate of drug-likeness (QED) is 0.364. The Morgan fingerprint density at radius 3 is 2.95 bits per heavy atom. The highest BCUT2D eigenvalue weighted by Crippen LogP contribution is 2.32. The van der Waals surface area contributed by atoms with Gasteiger partial charge in [-0.15, -0.1) is 0 Å². The minimum atomic E-state index is -0.302. The third-order valence-electron chi connectivity index (χ3n) is 6.67. The van der Waals surface area contributed by atoms with Gasteiger partial charge in [0.2, 0.25) is 17.7 Å². The number of carbonyl (C=O) groups excluding carboxylic acids is 2. The maximum absolute atomic E-state index is 13.5. The van der Waals surface area contributed by atoms with E-state index in [1.807, 2.05) is 43.7 Å². The molecule has 0 unspecified atom stereocenters. The highest BCUT2D eigenvalue weighted by atomic mass is 16.5. The second-order valence-electron chi connectivity index (χ2n) is 9.82. The Labute approximate surface area is 232 Å². The standard InChI is InChI=1S/C29H33N7O4/c1-5-25(37)30-16-19(3)40-24-11-9-10-22-26(24)36-12-7-6-8-13-39-28-21(17-31-35(28)4)23-15-20(14-18(2)32-23)27(38)34-29(36)33-22/h5,9-11,14-15,17,19H,1,6-8,12-13,16H2,2-4H3,(H,30,37)(H,33,34,38)/t19-/m0/s1. The lowest BCUT2D eigenvalue weighted by molar-refractivity contribution is -0.116. The summed E-state index contributed by atoms with van der Waals surface area (Å²) in [5, 5.41) is 10.1. The van der Waals surface area contributed by atoms with E-state index in [1.165, 1.54) is 6.08 Å². The van der Waals surface area contributed by atoms with Crippen molar-refractivity contribution >= 4 is 28.8 Å². The van der Waals surface area contributed by atoms with E-state index < -0.39 is 0 Å². The van der Waals surface area contributed by atoms with Gasteiger partial charge in [0.05, 0.1) is 36.1 Å². The van der Waals surface area contributed by atoms with Gasteiger partial charge in [-0.05, 0) is 63.5 Å². The zero-order chi connectivity index (χ0) is 28.2. The Morgan fingerprint density at radius 2 is 2.12 bits per heavy atom. The summed E-state index contributed by atoms with van der Waals surface area (Å²) in [5.41, 5.74) is 3.99. The van der Waals surface area contributed by atoms with Crippen LogP contribution in [0.1, 0.15) is 42.2 Å². The van der Waals surface area contributed by atoms with Crippen molar-refractivity contribution in [2.24, 2.45) is 7.05 Å². The molecule has 5 rings (SSSR count). The summed E-state index contributed by atoms with van der Waals surface area (Å²) >= 11 is 0. The summed E-state index contributed by atoms with van der Waals surface area (Å²) in [6.45, 7) is 8.68. The van der Waals surface area contributed by atoms with Crippen LogP contribution in [0.4, 0.5) is 5.95 Å². The number of imidazole rings is 1. The molecule has 2 amide bonds. The highest BCUT2D eigenvalue weighted by Gasteiger charge is 2.21. The summed E-state index contributed by atoms with van der Waals surface area (Å²) in [6.07, 6.45) is 5.22. The van der Waals surface area contributed by atoms with Crippen LogP contribution in [-0.2, 0) is 18.4 Å². The summed E-state index contributed by atoms with van der Waals surface area (Å²) in [4.78, 5) is 34.6. The van der Waals surface area contributed by atoms with E-state index in [-0.39, 0.29) is 17.9 Å². The number of benzene rings is 1. The van der Waals surface area contributed by atoms with Crippen molar-refractivity contribution in [3.8, 4) is 22.9 Å². The van der Waals surface area contributed by atoms with Gasteiger partial charge < -0.3 is 19.4 Å². The van der Waals surface area contributed by atoms with Gasteiger partial charge in [0.25, 0.3) is 5.91 Å². The van der Waals surface area contributed by atoms with Gasteiger partial charge in [-0.1, -0.05) is 12.6 Å². The lowest BCUT2D eigenvalue weighted by Crippen LogP contribution is -2.32. The number of nitrogens with zero attached hydrogens (tertiary/aromatic N) is 5. The van der Waals surface area contributed by atoms with Gasteiger partial charge in [0.1, 0.15) is 17.4 Å². The van der Waals surface area contributed by atoms with E-state index in [9.17, 15) is 9.59 Å². The van der Waals surface area contributed by atoms with Gasteiger partial charge in [-0.2, -0.15) is 5.10 Å². The first-order valence-corrected chi connectivity index (χ1v) is 13.4. The van der Waals surface area contributed by atoms with E-state index >= 15 is 0 Å². The van der Waals surface area contributed by atoms with Crippen LogP contribution >= 0.6 is 0 Å². The number of ether oxygens (including phenoxy) is 2. The minimum absolute atomic E-state index is 0.259. The fourth-order valence-electron chi connectivity index (χ4n) is 4.74. The number of rotatable bonds is 5. The second-order valence-corrected chi connectivity index (χ2v) is 9.82. The van der Waals surface area contributed by atoms with E-state index in [0.29, 0.717) is 59.7 Å². The molecule has 11 nitrogen and oxygen atoms in total. The predicted octanol–water partition coefficient (Wildman–Crippen LogP) is 4.02. The largest absolute Gasteiger partial charge is 0.487 e. The number of anilines is 1. The first-order chi connectivity index (χ1) is 19.3. The highest BCUT2D eigenvalue weighted by molar-refractivity contribution is 6.05. The molecule has 208 valence electrons. The first kappa shape index (κ1) is 26.9. The van der Waals surface area contributed by atoms with Crippen LogP contribution in [0.25, 0.3) is 22.3 Å². The molecular weight excluding hydrogens is 510 g/mol. The maximum atomic E-state index is 13.5. The van der Waals surface area contributed by atoms with Crippen LogP contribution in [0.15, 0.2) is 49.2 Å². The molecule has 1 atom stereocenters. The van der Waals surface area contributed by atoms with Gasteiger partial charge >= 0.3 is 0 Å². The smallest absolute Gasteiger partial charge is 0.258 e. The molecule has 0 spiro atoms. The second kappa shape index (κ2) is 11.6. The molecule has 4 aromatic rings. The summed E-state index contributed by atoms with van der Waals surface area (Å²) < 4.78 is 16.0. The van der Waals surface area contributed by atoms with Crippen molar-refractivity contribution in [2.75, 3.05) is 18.5 Å². The molecule has 1 aliphatic heterocycles. The number of carbonyl (C=O) groups is 2. The Bertz CT molecular complexity index is 1570. The molecule has 1 aromatic carbocycles. The van der Waals surface area contributed by atoms with E-state index in [4.69, 9.17) is 14.5 Å². The third-order valence-corrected chi connectivity index (χ3v) is 6.67. The summed E-state index contributed by atoms with van der Waals surface area (Å²) in [7, 11) is 1.83. The molecule has 11 heteroatoms. The minimum Gasteiger partial charge on any atom is -0.487 e. The lowest BCUT2D eigenvalue weighted by Gasteiger charge is -2.17. The number of nitrogens with one attached hydrogen (secondary N) is 2. The maximum Gasteiger partial charge on any atom is 0.258 e. The normalized spacial score (nSPS) is 14.5. The fourth-order valence-corrected chi connectivity index (χ4v) is 4.74. The number of hydrogen-bond donors (Lipinski definition) is 2. The molecule has 4 heterocycles. The molecular formula is C29H33N7O4. The van der Waals surface area contributed by atoms with Crippen molar-refractivity contribution in [1.29, 1.82) is 0 Å². The molecule has 0 saturated heterocycles. The zero-order valence-electron chi connectivity index (χ0n) is 22.9. The lowest BCUT2D eigenvalue weighted by atomic mass is 10.1. The Balaban J connectivity index is 1.51. The molecule has 0 fully saturated rings. The molecule has 1 aliphatic rings. The number of amides is 2. The monoisotopic (exact) mass is 543 g/mol. The van der Waals surface area contributed by atoms with Crippen molar-refractivity contribution in [1.82, 2.24) is 29.6 Å². The van der Waals surface area contributed by atoms with E-state index in [0.717, 1.165) is 30.3 Å². The average molecular weight is 544 g/mol. The topological polar surface area (TPSA) is 125 Å².